The van der Waals surface area contributed by atoms with Crippen LogP contribution < -0.4 is 0 Å². The molecule has 0 spiro atoms. The van der Waals surface area contributed by atoms with E-state index in [1.807, 2.05) is 12.1 Å². The highest BCUT2D eigenvalue weighted by molar-refractivity contribution is 5.61. The Hall–Kier alpha value is -2.32. The van der Waals surface area contributed by atoms with Crippen molar-refractivity contribution in [3.63, 3.8) is 0 Å². The molecule has 1 aromatic rings. The summed E-state index contributed by atoms with van der Waals surface area (Å²) in [6.07, 6.45) is 9.93. The van der Waals surface area contributed by atoms with Gasteiger partial charge in [0.05, 0.1) is 12.2 Å². The first kappa shape index (κ1) is 32.2. The van der Waals surface area contributed by atoms with Gasteiger partial charge in [-0.05, 0) is 57.9 Å². The molecule has 40 heavy (non-hydrogen) atoms. The zero-order valence-corrected chi connectivity index (χ0v) is 25.1. The SMILES string of the molecule is CCCCC[C@H]1CC[C@H](CCCCc2ccc(C3O[C@H](OC(=O)OC(C)C)[C@@H](OC(=O)OC(C)C)O3)cc2)CC1. The van der Waals surface area contributed by atoms with E-state index in [0.717, 1.165) is 23.8 Å². The smallest absolute Gasteiger partial charge is 0.432 e. The van der Waals surface area contributed by atoms with Gasteiger partial charge >= 0.3 is 12.3 Å². The highest BCUT2D eigenvalue weighted by Gasteiger charge is 2.43. The Balaban J connectivity index is 1.43. The summed E-state index contributed by atoms with van der Waals surface area (Å²) in [4.78, 5) is 24.1. The average molecular weight is 563 g/mol. The van der Waals surface area contributed by atoms with Gasteiger partial charge in [-0.3, -0.25) is 0 Å². The number of unbranched alkanes of at least 4 members (excludes halogenated alkanes) is 3. The lowest BCUT2D eigenvalue weighted by Gasteiger charge is -2.28. The van der Waals surface area contributed by atoms with Gasteiger partial charge < -0.3 is 28.4 Å². The first-order valence-electron chi connectivity index (χ1n) is 15.4. The number of aryl methyl sites for hydroxylation is 1. The van der Waals surface area contributed by atoms with Crippen LogP contribution in [0.25, 0.3) is 0 Å². The monoisotopic (exact) mass is 562 g/mol. The van der Waals surface area contributed by atoms with E-state index in [2.05, 4.69) is 19.1 Å². The quantitative estimate of drug-likeness (QED) is 0.164. The first-order chi connectivity index (χ1) is 19.2. The summed E-state index contributed by atoms with van der Waals surface area (Å²) in [5.74, 6) is 1.88. The van der Waals surface area contributed by atoms with Crippen LogP contribution in [0.3, 0.4) is 0 Å². The third-order valence-electron chi connectivity index (χ3n) is 7.59. The fourth-order valence-corrected chi connectivity index (χ4v) is 5.45. The number of hydrogen-bond acceptors (Lipinski definition) is 8. The van der Waals surface area contributed by atoms with Crippen molar-refractivity contribution in [3.05, 3.63) is 35.4 Å². The normalized spacial score (nSPS) is 23.4. The summed E-state index contributed by atoms with van der Waals surface area (Å²) >= 11 is 0. The highest BCUT2D eigenvalue weighted by Crippen LogP contribution is 2.35. The summed E-state index contributed by atoms with van der Waals surface area (Å²) in [6, 6.07) is 7.98. The first-order valence-corrected chi connectivity index (χ1v) is 15.4. The van der Waals surface area contributed by atoms with Gasteiger partial charge in [-0.15, -0.1) is 0 Å². The topological polar surface area (TPSA) is 89.5 Å². The minimum atomic E-state index is -1.29. The van der Waals surface area contributed by atoms with Crippen LogP contribution in [-0.4, -0.2) is 37.1 Å². The molecule has 2 fully saturated rings. The van der Waals surface area contributed by atoms with E-state index < -0.39 is 31.2 Å². The molecule has 1 heterocycles. The number of rotatable bonds is 14. The molecule has 1 aliphatic heterocycles. The molecule has 1 saturated carbocycles. The highest BCUT2D eigenvalue weighted by atomic mass is 16.9. The zero-order valence-electron chi connectivity index (χ0n) is 25.1. The molecule has 2 aliphatic rings. The van der Waals surface area contributed by atoms with Crippen LogP contribution in [0.15, 0.2) is 24.3 Å². The van der Waals surface area contributed by atoms with Crippen LogP contribution in [0.1, 0.15) is 123 Å². The lowest BCUT2D eigenvalue weighted by molar-refractivity contribution is -0.163. The Morgan fingerprint density at radius 2 is 1.23 bits per heavy atom. The Morgan fingerprint density at radius 3 is 1.68 bits per heavy atom. The standard InChI is InChI=1S/C32H50O8/c1-6-7-8-11-24-14-16-25(17-15-24)12-9-10-13-26-18-20-27(21-19-26)28-37-29(39-31(33)35-22(2)3)30(38-28)40-32(34)36-23(4)5/h18-25,28-30H,6-17H2,1-5H3/t24-,25-,29-,30-/m1/s1. The van der Waals surface area contributed by atoms with Crippen LogP contribution in [0.5, 0.6) is 0 Å². The van der Waals surface area contributed by atoms with Gasteiger partial charge in [0.15, 0.2) is 6.29 Å². The fraction of sp³-hybridized carbons (Fsp3) is 0.750. The fourth-order valence-electron chi connectivity index (χ4n) is 5.45. The van der Waals surface area contributed by atoms with Crippen molar-refractivity contribution in [1.29, 1.82) is 0 Å². The minimum absolute atomic E-state index is 0.376. The van der Waals surface area contributed by atoms with E-state index in [1.165, 1.54) is 76.2 Å². The molecule has 0 unspecified atom stereocenters. The van der Waals surface area contributed by atoms with Crippen LogP contribution in [0.4, 0.5) is 9.59 Å². The van der Waals surface area contributed by atoms with E-state index in [0.29, 0.717) is 0 Å². The summed E-state index contributed by atoms with van der Waals surface area (Å²) in [5, 5.41) is 0. The molecule has 226 valence electrons. The molecule has 1 aliphatic carbocycles. The van der Waals surface area contributed by atoms with Crippen molar-refractivity contribution in [2.45, 2.75) is 143 Å². The molecular formula is C32H50O8. The molecular weight excluding hydrogens is 512 g/mol. The number of hydrogen-bond donors (Lipinski definition) is 0. The van der Waals surface area contributed by atoms with Gasteiger partial charge in [0.1, 0.15) is 0 Å². The Labute approximate surface area is 240 Å². The molecule has 8 heteroatoms. The van der Waals surface area contributed by atoms with E-state index in [4.69, 9.17) is 28.4 Å². The number of benzene rings is 1. The Morgan fingerprint density at radius 1 is 0.750 bits per heavy atom. The molecule has 2 atom stereocenters. The van der Waals surface area contributed by atoms with Gasteiger partial charge in [-0.1, -0.05) is 95.4 Å². The molecule has 8 nitrogen and oxygen atoms in total. The van der Waals surface area contributed by atoms with E-state index >= 15 is 0 Å². The average Bonchev–Trinajstić information content (AvgIpc) is 3.28. The van der Waals surface area contributed by atoms with Gasteiger partial charge in [-0.2, -0.15) is 0 Å². The van der Waals surface area contributed by atoms with E-state index in [9.17, 15) is 9.59 Å². The van der Waals surface area contributed by atoms with Crippen LogP contribution in [0, 0.1) is 11.8 Å². The summed E-state index contributed by atoms with van der Waals surface area (Å²) in [6.45, 7) is 9.08. The summed E-state index contributed by atoms with van der Waals surface area (Å²) < 4.78 is 32.0. The number of carbonyl (C=O) groups is 2. The predicted octanol–water partition coefficient (Wildman–Crippen LogP) is 8.61. The van der Waals surface area contributed by atoms with Crippen molar-refractivity contribution in [2.24, 2.45) is 11.8 Å². The van der Waals surface area contributed by atoms with Crippen molar-refractivity contribution in [1.82, 2.24) is 0 Å². The maximum Gasteiger partial charge on any atom is 0.511 e. The maximum absolute atomic E-state index is 12.0. The van der Waals surface area contributed by atoms with Gasteiger partial charge in [0.2, 0.25) is 0 Å². The van der Waals surface area contributed by atoms with Crippen LogP contribution in [-0.2, 0) is 34.8 Å². The van der Waals surface area contributed by atoms with Crippen LogP contribution >= 0.6 is 0 Å². The molecule has 3 rings (SSSR count). The van der Waals surface area contributed by atoms with Crippen molar-refractivity contribution < 1.29 is 38.0 Å². The molecule has 1 saturated heterocycles. The lowest BCUT2D eigenvalue weighted by Crippen LogP contribution is -2.34. The van der Waals surface area contributed by atoms with Crippen LogP contribution in [0.2, 0.25) is 0 Å². The van der Waals surface area contributed by atoms with Crippen molar-refractivity contribution in [2.75, 3.05) is 0 Å². The predicted molar refractivity (Wildman–Crippen MR) is 151 cm³/mol. The number of ether oxygens (including phenoxy) is 6. The third kappa shape index (κ3) is 11.3. The molecule has 1 aromatic carbocycles. The van der Waals surface area contributed by atoms with E-state index in [1.54, 1.807) is 27.7 Å². The second kappa shape index (κ2) is 16.8. The number of carbonyl (C=O) groups excluding carboxylic acids is 2. The second-order valence-corrected chi connectivity index (χ2v) is 11.8. The Bertz CT molecular complexity index is 843. The minimum Gasteiger partial charge on any atom is -0.432 e. The van der Waals surface area contributed by atoms with E-state index in [-0.39, 0.29) is 12.2 Å². The Kier molecular flexibility index (Phi) is 13.5. The molecule has 0 amide bonds. The third-order valence-corrected chi connectivity index (χ3v) is 7.59. The maximum atomic E-state index is 12.0. The summed E-state index contributed by atoms with van der Waals surface area (Å²) in [7, 11) is 0. The molecule has 0 aromatic heterocycles. The molecule has 0 radical (unpaired) electrons. The summed E-state index contributed by atoms with van der Waals surface area (Å²) in [5.41, 5.74) is 1.98. The second-order valence-electron chi connectivity index (χ2n) is 11.8. The van der Waals surface area contributed by atoms with Crippen molar-refractivity contribution >= 4 is 12.3 Å². The lowest BCUT2D eigenvalue weighted by atomic mass is 9.78. The van der Waals surface area contributed by atoms with Gasteiger partial charge in [0.25, 0.3) is 12.6 Å². The largest absolute Gasteiger partial charge is 0.511 e. The molecule has 0 bridgehead atoms. The van der Waals surface area contributed by atoms with Gasteiger partial charge in [0, 0.05) is 5.56 Å². The molecule has 0 N–H and O–H groups in total. The van der Waals surface area contributed by atoms with Crippen molar-refractivity contribution in [3.8, 4) is 0 Å². The zero-order chi connectivity index (χ0) is 28.9. The van der Waals surface area contributed by atoms with Gasteiger partial charge in [-0.25, -0.2) is 9.59 Å².